The summed E-state index contributed by atoms with van der Waals surface area (Å²) in [6.07, 6.45) is -10.8. The zero-order valence-corrected chi connectivity index (χ0v) is 25.0. The molecule has 1 saturated heterocycles. The van der Waals surface area contributed by atoms with Gasteiger partial charge in [-0.05, 0) is 68.7 Å². The van der Waals surface area contributed by atoms with E-state index < -0.39 is 46.8 Å². The minimum Gasteiger partial charge on any atom is -0.488 e. The van der Waals surface area contributed by atoms with Gasteiger partial charge in [0.2, 0.25) is 0 Å². The van der Waals surface area contributed by atoms with E-state index in [0.717, 1.165) is 17.0 Å². The maximum atomic E-state index is 14.7. The summed E-state index contributed by atoms with van der Waals surface area (Å²) in [5.41, 5.74) is -7.85. The topological polar surface area (TPSA) is 101 Å². The van der Waals surface area contributed by atoms with Crippen molar-refractivity contribution in [2.24, 2.45) is 0 Å². The lowest BCUT2D eigenvalue weighted by Gasteiger charge is -2.33. The molecule has 0 spiro atoms. The van der Waals surface area contributed by atoms with Gasteiger partial charge in [0.25, 0.3) is 11.5 Å². The number of imide groups is 1. The second-order valence-corrected chi connectivity index (χ2v) is 11.1. The molecule has 2 aromatic carbocycles. The van der Waals surface area contributed by atoms with Crippen LogP contribution in [0.5, 0.6) is 17.2 Å². The summed E-state index contributed by atoms with van der Waals surface area (Å²) in [7, 11) is 0. The van der Waals surface area contributed by atoms with Gasteiger partial charge in [0.15, 0.2) is 11.6 Å². The molecular formula is C31H30F7N3O5. The van der Waals surface area contributed by atoms with Crippen molar-refractivity contribution in [2.75, 3.05) is 0 Å². The van der Waals surface area contributed by atoms with Crippen LogP contribution in [0.1, 0.15) is 56.5 Å². The van der Waals surface area contributed by atoms with Crippen LogP contribution in [0.3, 0.4) is 0 Å². The molecule has 1 aliphatic heterocycles. The average molecular weight is 658 g/mol. The van der Waals surface area contributed by atoms with Crippen LogP contribution >= 0.6 is 0 Å². The number of pyridine rings is 1. The fourth-order valence-corrected chi connectivity index (χ4v) is 4.95. The molecule has 1 aliphatic rings. The third kappa shape index (κ3) is 6.46. The average Bonchev–Trinajstić information content (AvgIpc) is 3.17. The summed E-state index contributed by atoms with van der Waals surface area (Å²) in [6.45, 7) is 6.15. The lowest BCUT2D eigenvalue weighted by atomic mass is 9.90. The first-order valence-electron chi connectivity index (χ1n) is 14.0. The van der Waals surface area contributed by atoms with Crippen molar-refractivity contribution < 1.29 is 54.9 Å². The Morgan fingerprint density at radius 3 is 2.22 bits per heavy atom. The first kappa shape index (κ1) is 34.5. The van der Waals surface area contributed by atoms with Crippen molar-refractivity contribution >= 4 is 11.9 Å². The number of nitrogens with one attached hydrogen (secondary N) is 1. The summed E-state index contributed by atoms with van der Waals surface area (Å²) < 4.78 is 107. The molecule has 3 aromatic rings. The van der Waals surface area contributed by atoms with Crippen molar-refractivity contribution in [2.45, 2.75) is 76.7 Å². The van der Waals surface area contributed by atoms with Gasteiger partial charge >= 0.3 is 18.4 Å². The maximum Gasteiger partial charge on any atom is 0.430 e. The first-order valence-corrected chi connectivity index (χ1v) is 14.0. The number of urea groups is 1. The smallest absolute Gasteiger partial charge is 0.430 e. The van der Waals surface area contributed by atoms with Crippen molar-refractivity contribution in [3.8, 4) is 17.2 Å². The highest BCUT2D eigenvalue weighted by atomic mass is 19.4. The molecule has 2 heterocycles. The first-order chi connectivity index (χ1) is 21.3. The molecule has 0 radical (unpaired) electrons. The number of halogens is 7. The SMILES string of the molecule is CCCc1cc(C(O)(C(F)(F)F)C(F)(F)F)ccc1Oc1ccnc(CN2C(=O)NC(C)(c3ccc(OC(C)C)c(F)c3)C2=O)c1. The van der Waals surface area contributed by atoms with Gasteiger partial charge in [-0.2, -0.15) is 26.3 Å². The van der Waals surface area contributed by atoms with Crippen molar-refractivity contribution in [1.29, 1.82) is 0 Å². The van der Waals surface area contributed by atoms with Crippen LogP contribution < -0.4 is 14.8 Å². The van der Waals surface area contributed by atoms with Gasteiger partial charge in [0, 0.05) is 17.8 Å². The second-order valence-electron chi connectivity index (χ2n) is 11.1. The summed E-state index contributed by atoms with van der Waals surface area (Å²) in [4.78, 5) is 31.3. The van der Waals surface area contributed by atoms with Gasteiger partial charge < -0.3 is 19.9 Å². The normalized spacial score (nSPS) is 17.5. The molecule has 0 bridgehead atoms. The highest BCUT2D eigenvalue weighted by Gasteiger charge is 2.71. The molecule has 1 atom stereocenters. The van der Waals surface area contributed by atoms with Crippen molar-refractivity contribution in [3.63, 3.8) is 0 Å². The Bertz CT molecular complexity index is 1610. The molecule has 15 heteroatoms. The van der Waals surface area contributed by atoms with Gasteiger partial charge in [-0.25, -0.2) is 9.18 Å². The van der Waals surface area contributed by atoms with E-state index in [2.05, 4.69) is 10.3 Å². The third-order valence-electron chi connectivity index (χ3n) is 7.30. The van der Waals surface area contributed by atoms with E-state index in [-0.39, 0.29) is 53.1 Å². The lowest BCUT2D eigenvalue weighted by Crippen LogP contribution is -2.53. The van der Waals surface area contributed by atoms with Crippen LogP contribution in [0.25, 0.3) is 0 Å². The summed E-state index contributed by atoms with van der Waals surface area (Å²) >= 11 is 0. The summed E-state index contributed by atoms with van der Waals surface area (Å²) in [5, 5.41) is 12.4. The molecule has 1 fully saturated rings. The summed E-state index contributed by atoms with van der Waals surface area (Å²) in [5.74, 6) is -1.48. The molecule has 4 rings (SSSR count). The highest BCUT2D eigenvalue weighted by molar-refractivity contribution is 6.07. The number of aromatic nitrogens is 1. The Hall–Kier alpha value is -4.40. The van der Waals surface area contributed by atoms with E-state index in [1.165, 1.54) is 37.4 Å². The second kappa shape index (κ2) is 12.4. The Kier molecular flexibility index (Phi) is 9.31. The van der Waals surface area contributed by atoms with Crippen molar-refractivity contribution in [3.05, 3.63) is 82.9 Å². The number of alkyl halides is 6. The van der Waals surface area contributed by atoms with E-state index in [1.54, 1.807) is 20.8 Å². The molecule has 248 valence electrons. The summed E-state index contributed by atoms with van der Waals surface area (Å²) in [6, 6.07) is 7.78. The number of rotatable bonds is 10. The number of hydrogen-bond acceptors (Lipinski definition) is 6. The number of amides is 3. The van der Waals surface area contributed by atoms with Crippen LogP contribution in [-0.4, -0.2) is 45.4 Å². The van der Waals surface area contributed by atoms with Crippen molar-refractivity contribution in [1.82, 2.24) is 15.2 Å². The van der Waals surface area contributed by atoms with E-state index in [9.17, 15) is 45.4 Å². The quantitative estimate of drug-likeness (QED) is 0.179. The monoisotopic (exact) mass is 657 g/mol. The minimum absolute atomic E-state index is 0.0130. The van der Waals surface area contributed by atoms with Crippen LogP contribution in [0.15, 0.2) is 54.7 Å². The van der Waals surface area contributed by atoms with Gasteiger partial charge in [0.1, 0.15) is 17.0 Å². The van der Waals surface area contributed by atoms with E-state index in [0.29, 0.717) is 18.6 Å². The predicted molar refractivity (Wildman–Crippen MR) is 149 cm³/mol. The molecule has 0 aliphatic carbocycles. The van der Waals surface area contributed by atoms with Gasteiger partial charge in [-0.3, -0.25) is 14.7 Å². The molecule has 8 nitrogen and oxygen atoms in total. The van der Waals surface area contributed by atoms with E-state index >= 15 is 0 Å². The van der Waals surface area contributed by atoms with Crippen LogP contribution in [0.2, 0.25) is 0 Å². The largest absolute Gasteiger partial charge is 0.488 e. The van der Waals surface area contributed by atoms with Crippen LogP contribution in [0, 0.1) is 5.82 Å². The number of nitrogens with zero attached hydrogens (tertiary/aromatic N) is 2. The van der Waals surface area contributed by atoms with Crippen LogP contribution in [-0.2, 0) is 28.9 Å². The maximum absolute atomic E-state index is 14.7. The number of carbonyl (C=O) groups excluding carboxylic acids is 2. The zero-order valence-electron chi connectivity index (χ0n) is 25.0. The Balaban J connectivity index is 1.58. The number of hydrogen-bond donors (Lipinski definition) is 2. The fourth-order valence-electron chi connectivity index (χ4n) is 4.95. The number of ether oxygens (including phenoxy) is 2. The van der Waals surface area contributed by atoms with Crippen LogP contribution in [0.4, 0.5) is 35.5 Å². The standard InChI is InChI=1S/C31H30F7N3O5/c1-5-6-18-13-20(29(44,30(33,34)35)31(36,37)38)8-9-24(18)46-22-11-12-39-21(15-22)16-41-26(42)28(4,40-27(41)43)19-7-10-25(23(32)14-19)45-17(2)3/h7-15,17,44H,5-6,16H2,1-4H3,(H,40,43). The predicted octanol–water partition coefficient (Wildman–Crippen LogP) is 7.03. The molecule has 3 amide bonds. The van der Waals surface area contributed by atoms with Gasteiger partial charge in [0.05, 0.1) is 18.3 Å². The molecule has 1 unspecified atom stereocenters. The molecule has 46 heavy (non-hydrogen) atoms. The Labute approximate surface area is 259 Å². The van der Waals surface area contributed by atoms with Gasteiger partial charge in [-0.1, -0.05) is 25.5 Å². The number of carbonyl (C=O) groups is 2. The zero-order chi connectivity index (χ0) is 34.2. The van der Waals surface area contributed by atoms with E-state index in [4.69, 9.17) is 9.47 Å². The minimum atomic E-state index is -6.05. The number of aliphatic hydroxyl groups is 1. The van der Waals surface area contributed by atoms with E-state index in [1.807, 2.05) is 0 Å². The number of aryl methyl sites for hydroxylation is 1. The molecule has 0 saturated carbocycles. The lowest BCUT2D eigenvalue weighted by molar-refractivity contribution is -0.376. The molecular weight excluding hydrogens is 627 g/mol. The number of benzene rings is 2. The molecule has 1 aromatic heterocycles. The Morgan fingerprint density at radius 2 is 1.63 bits per heavy atom. The molecule has 2 N–H and O–H groups in total. The fraction of sp³-hybridized carbons (Fsp3) is 0.387. The Morgan fingerprint density at radius 1 is 0.978 bits per heavy atom. The third-order valence-corrected chi connectivity index (χ3v) is 7.30. The highest BCUT2D eigenvalue weighted by Crippen LogP contribution is 2.50. The van der Waals surface area contributed by atoms with Gasteiger partial charge in [-0.15, -0.1) is 0 Å².